The zero-order valence-electron chi connectivity index (χ0n) is 13.2. The van der Waals surface area contributed by atoms with Gasteiger partial charge in [-0.3, -0.25) is 0 Å². The van der Waals surface area contributed by atoms with Crippen LogP contribution in [0.3, 0.4) is 0 Å². The molecule has 1 heterocycles. The molecule has 3 aromatic rings. The van der Waals surface area contributed by atoms with Crippen molar-refractivity contribution in [2.24, 2.45) is 0 Å². The number of hydrogen-bond donors (Lipinski definition) is 0. The highest BCUT2D eigenvalue weighted by molar-refractivity contribution is 8.04. The number of halogens is 1. The molecule has 0 aliphatic carbocycles. The molecule has 4 rings (SSSR count). The third kappa shape index (κ3) is 3.11. The van der Waals surface area contributed by atoms with E-state index in [1.165, 1.54) is 30.0 Å². The Morgan fingerprint density at radius 2 is 1.33 bits per heavy atom. The van der Waals surface area contributed by atoms with E-state index in [-0.39, 0.29) is 10.9 Å². The first-order valence-electron chi connectivity index (χ1n) is 8.12. The van der Waals surface area contributed by atoms with Crippen LogP contribution in [0.25, 0.3) is 0 Å². The van der Waals surface area contributed by atoms with Crippen LogP contribution in [0.2, 0.25) is 0 Å². The molecule has 120 valence electrons. The molecule has 0 bridgehead atoms. The van der Waals surface area contributed by atoms with Gasteiger partial charge in [-0.1, -0.05) is 48.2 Å². The fourth-order valence-electron chi connectivity index (χ4n) is 2.96. The molecule has 0 aromatic heterocycles. The minimum atomic E-state index is -0.0188. The van der Waals surface area contributed by atoms with Crippen LogP contribution in [-0.2, 0) is 17.3 Å². The summed E-state index contributed by atoms with van der Waals surface area (Å²) >= 11 is 7.70. The average molecular weight is 370 g/mol. The molecule has 0 N–H and O–H groups in total. The van der Waals surface area contributed by atoms with Gasteiger partial charge >= 0.3 is 0 Å². The van der Waals surface area contributed by atoms with Gasteiger partial charge in [0.2, 0.25) is 0 Å². The second kappa shape index (κ2) is 7.26. The quantitative estimate of drug-likeness (QED) is 0.295. The van der Waals surface area contributed by atoms with Crippen molar-refractivity contribution in [3.8, 4) is 0 Å². The van der Waals surface area contributed by atoms with E-state index in [1.807, 2.05) is 11.8 Å². The monoisotopic (exact) mass is 369 g/mol. The number of benzene rings is 3. The second-order valence-corrected chi connectivity index (χ2v) is 9.16. The first kappa shape index (κ1) is 16.1. The van der Waals surface area contributed by atoms with Gasteiger partial charge in [0, 0.05) is 5.88 Å². The van der Waals surface area contributed by atoms with Gasteiger partial charge in [0.05, 0.1) is 9.79 Å². The van der Waals surface area contributed by atoms with E-state index < -0.39 is 0 Å². The van der Waals surface area contributed by atoms with Crippen molar-refractivity contribution in [2.45, 2.75) is 37.3 Å². The van der Waals surface area contributed by atoms with E-state index in [4.69, 9.17) is 11.6 Å². The van der Waals surface area contributed by atoms with E-state index in [2.05, 4.69) is 72.8 Å². The predicted octanol–water partition coefficient (Wildman–Crippen LogP) is 6.42. The summed E-state index contributed by atoms with van der Waals surface area (Å²) in [5.41, 5.74) is 1.37. The summed E-state index contributed by atoms with van der Waals surface area (Å²) < 4.78 is 0. The Bertz CT molecular complexity index is 797. The molecule has 0 saturated heterocycles. The van der Waals surface area contributed by atoms with Crippen LogP contribution >= 0.6 is 23.4 Å². The highest BCUT2D eigenvalue weighted by Gasteiger charge is 2.37. The SMILES string of the molecule is ClCCCc1ccc([S+]2c3ccccc3Sc3ccccc32)cc1. The van der Waals surface area contributed by atoms with Crippen molar-refractivity contribution in [2.75, 3.05) is 5.88 Å². The molecule has 0 amide bonds. The maximum atomic E-state index is 5.82. The lowest BCUT2D eigenvalue weighted by Gasteiger charge is -2.18. The Morgan fingerprint density at radius 3 is 1.92 bits per heavy atom. The van der Waals surface area contributed by atoms with Gasteiger partial charge in [0.1, 0.15) is 10.9 Å². The maximum Gasteiger partial charge on any atom is 0.180 e. The highest BCUT2D eigenvalue weighted by Crippen LogP contribution is 2.47. The Balaban J connectivity index is 1.77. The summed E-state index contributed by atoms with van der Waals surface area (Å²) in [4.78, 5) is 7.03. The van der Waals surface area contributed by atoms with Crippen molar-refractivity contribution in [1.29, 1.82) is 0 Å². The van der Waals surface area contributed by atoms with Crippen molar-refractivity contribution < 1.29 is 0 Å². The minimum absolute atomic E-state index is 0.0188. The summed E-state index contributed by atoms with van der Waals surface area (Å²) in [5.74, 6) is 0.726. The fourth-order valence-corrected chi connectivity index (χ4v) is 6.83. The van der Waals surface area contributed by atoms with Crippen LogP contribution in [0.5, 0.6) is 0 Å². The van der Waals surface area contributed by atoms with Crippen molar-refractivity contribution in [1.82, 2.24) is 0 Å². The molecule has 0 atom stereocenters. The zero-order chi connectivity index (χ0) is 16.4. The summed E-state index contributed by atoms with van der Waals surface area (Å²) in [7, 11) is -0.0188. The predicted molar refractivity (Wildman–Crippen MR) is 105 cm³/mol. The maximum absolute atomic E-state index is 5.82. The molecule has 3 aromatic carbocycles. The van der Waals surface area contributed by atoms with Crippen LogP contribution in [-0.4, -0.2) is 5.88 Å². The average Bonchev–Trinajstić information content (AvgIpc) is 2.65. The van der Waals surface area contributed by atoms with E-state index in [0.29, 0.717) is 0 Å². The summed E-state index contributed by atoms with van der Waals surface area (Å²) in [6, 6.07) is 26.8. The van der Waals surface area contributed by atoms with Crippen LogP contribution in [0.4, 0.5) is 0 Å². The van der Waals surface area contributed by atoms with Gasteiger partial charge in [-0.15, -0.1) is 11.6 Å². The van der Waals surface area contributed by atoms with Gasteiger partial charge in [0.15, 0.2) is 14.7 Å². The smallest absolute Gasteiger partial charge is 0.127 e. The van der Waals surface area contributed by atoms with Gasteiger partial charge in [-0.2, -0.15) is 0 Å². The largest absolute Gasteiger partial charge is 0.180 e. The second-order valence-electron chi connectivity index (χ2n) is 5.74. The van der Waals surface area contributed by atoms with Crippen molar-refractivity contribution in [3.63, 3.8) is 0 Å². The fraction of sp³-hybridized carbons (Fsp3) is 0.143. The molecular weight excluding hydrogens is 352 g/mol. The van der Waals surface area contributed by atoms with Crippen LogP contribution in [0, 0.1) is 0 Å². The number of fused-ring (bicyclic) bond motifs is 2. The molecule has 0 unspecified atom stereocenters. The van der Waals surface area contributed by atoms with Crippen molar-refractivity contribution in [3.05, 3.63) is 78.4 Å². The van der Waals surface area contributed by atoms with E-state index in [9.17, 15) is 0 Å². The Morgan fingerprint density at radius 1 is 0.750 bits per heavy atom. The zero-order valence-corrected chi connectivity index (χ0v) is 15.6. The molecule has 0 spiro atoms. The van der Waals surface area contributed by atoms with Crippen LogP contribution in [0.15, 0.2) is 97.3 Å². The lowest BCUT2D eigenvalue weighted by atomic mass is 10.1. The van der Waals surface area contributed by atoms with Gasteiger partial charge < -0.3 is 0 Å². The lowest BCUT2D eigenvalue weighted by Crippen LogP contribution is -2.10. The van der Waals surface area contributed by atoms with E-state index >= 15 is 0 Å². The highest BCUT2D eigenvalue weighted by atomic mass is 35.5. The van der Waals surface area contributed by atoms with Crippen molar-refractivity contribution >= 4 is 34.3 Å². The van der Waals surface area contributed by atoms with Gasteiger partial charge in [0.25, 0.3) is 0 Å². The third-order valence-corrected chi connectivity index (χ3v) is 8.13. The van der Waals surface area contributed by atoms with Crippen LogP contribution in [0.1, 0.15) is 12.0 Å². The molecule has 1 aliphatic heterocycles. The molecule has 0 radical (unpaired) electrons. The molecular formula is C21H18ClS2+. The number of alkyl halides is 1. The van der Waals surface area contributed by atoms with E-state index in [1.54, 1.807) is 0 Å². The molecule has 0 saturated carbocycles. The number of rotatable bonds is 4. The van der Waals surface area contributed by atoms with Crippen LogP contribution < -0.4 is 0 Å². The first-order chi connectivity index (χ1) is 11.9. The lowest BCUT2D eigenvalue weighted by molar-refractivity contribution is 0.926. The van der Waals surface area contributed by atoms with Gasteiger partial charge in [-0.05, 0) is 54.8 Å². The summed E-state index contributed by atoms with van der Waals surface area (Å²) in [5, 5.41) is 0. The Hall–Kier alpha value is -1.35. The number of aryl methyl sites for hydroxylation is 1. The number of hydrogen-bond acceptors (Lipinski definition) is 1. The molecule has 3 heteroatoms. The molecule has 24 heavy (non-hydrogen) atoms. The molecule has 0 nitrogen and oxygen atoms in total. The third-order valence-electron chi connectivity index (χ3n) is 4.12. The molecule has 1 aliphatic rings. The summed E-state index contributed by atoms with van der Waals surface area (Å²) in [6.07, 6.45) is 2.09. The summed E-state index contributed by atoms with van der Waals surface area (Å²) in [6.45, 7) is 0. The Labute approximate surface area is 155 Å². The Kier molecular flexibility index (Phi) is 4.88. The normalized spacial score (nSPS) is 13.4. The molecule has 0 fully saturated rings. The topological polar surface area (TPSA) is 0 Å². The minimum Gasteiger partial charge on any atom is -0.127 e. The standard InChI is InChI=1S/C21H18ClS2/c22-15-5-6-16-11-13-17(14-12-16)24-20-9-3-1-7-18(20)23-19-8-2-4-10-21(19)24/h1-4,7-14H,5-6,15H2/q+1. The first-order valence-corrected chi connectivity index (χ1v) is 10.7. The van der Waals surface area contributed by atoms with E-state index in [0.717, 1.165) is 18.7 Å². The van der Waals surface area contributed by atoms with Gasteiger partial charge in [-0.25, -0.2) is 0 Å².